The maximum atomic E-state index is 13.4. The smallest absolute Gasteiger partial charge is 0.258 e. The molecule has 0 bridgehead atoms. The van der Waals surface area contributed by atoms with Crippen molar-refractivity contribution in [3.8, 4) is 0 Å². The zero-order valence-corrected chi connectivity index (χ0v) is 37.0. The Hall–Kier alpha value is -6.32. The number of ketones is 2. The molecule has 62 heavy (non-hydrogen) atoms. The molecule has 2 atom stereocenters. The average molecular weight is 917 g/mol. The molecule has 0 saturated heterocycles. The van der Waals surface area contributed by atoms with E-state index >= 15 is 0 Å². The van der Waals surface area contributed by atoms with E-state index in [0.29, 0.717) is 55.0 Å². The topological polar surface area (TPSA) is 200 Å². The average Bonchev–Trinajstić information content (AvgIpc) is 3.21. The first-order chi connectivity index (χ1) is 29.3. The summed E-state index contributed by atoms with van der Waals surface area (Å²) in [6.45, 7) is 9.17. The number of nitrogens with zero attached hydrogens (tertiary/aromatic N) is 4. The zero-order valence-electron chi connectivity index (χ0n) is 34.0. The summed E-state index contributed by atoms with van der Waals surface area (Å²) < 4.78 is 0. The maximum Gasteiger partial charge on any atom is 0.258 e. The molecule has 0 aliphatic rings. The lowest BCUT2D eigenvalue weighted by Gasteiger charge is -2.16. The van der Waals surface area contributed by atoms with Gasteiger partial charge in [0.25, 0.3) is 23.6 Å². The van der Waals surface area contributed by atoms with Gasteiger partial charge in [-0.2, -0.15) is 20.5 Å². The minimum absolute atomic E-state index is 0.0423. The SMILES string of the molecule is CC(=O)C(N=Nc1cc(C(=O)Nc2cccc(Cl)c2C)ccc1Cl)C(=O)Nc1cc(C)c(NC(=O)C(N=Nc2cc(C(=O)Nc3cccc(Cl)c3C)ccc2Cl)C(C)=O)cc1C. The number of azo groups is 2. The third kappa shape index (κ3) is 11.5. The van der Waals surface area contributed by atoms with Gasteiger partial charge < -0.3 is 21.3 Å². The van der Waals surface area contributed by atoms with Crippen LogP contribution in [0.15, 0.2) is 105 Å². The van der Waals surface area contributed by atoms with E-state index in [1.807, 2.05) is 0 Å². The summed E-state index contributed by atoms with van der Waals surface area (Å²) in [7, 11) is 0. The van der Waals surface area contributed by atoms with E-state index in [9.17, 15) is 28.8 Å². The van der Waals surface area contributed by atoms with Crippen LogP contribution in [0.2, 0.25) is 20.1 Å². The second-order valence-corrected chi connectivity index (χ2v) is 15.6. The Labute approximate surface area is 376 Å². The van der Waals surface area contributed by atoms with Crippen LogP contribution < -0.4 is 21.3 Å². The fourth-order valence-corrected chi connectivity index (χ4v) is 6.36. The highest BCUT2D eigenvalue weighted by Gasteiger charge is 2.27. The summed E-state index contributed by atoms with van der Waals surface area (Å²) >= 11 is 25.0. The second-order valence-electron chi connectivity index (χ2n) is 14.0. The van der Waals surface area contributed by atoms with E-state index in [1.54, 1.807) is 76.2 Å². The minimum atomic E-state index is -1.59. The van der Waals surface area contributed by atoms with Crippen molar-refractivity contribution in [1.82, 2.24) is 0 Å². The second kappa shape index (κ2) is 20.5. The largest absolute Gasteiger partial charge is 0.324 e. The van der Waals surface area contributed by atoms with Crippen molar-refractivity contribution in [3.63, 3.8) is 0 Å². The molecule has 4 N–H and O–H groups in total. The molecule has 5 aromatic rings. The molecule has 14 nitrogen and oxygen atoms in total. The third-order valence-corrected chi connectivity index (χ3v) is 10.8. The molecule has 0 aromatic heterocycles. The first-order valence-corrected chi connectivity index (χ1v) is 20.1. The molecule has 0 heterocycles. The number of carbonyl (C=O) groups is 6. The highest BCUT2D eigenvalue weighted by atomic mass is 35.5. The van der Waals surface area contributed by atoms with E-state index in [4.69, 9.17) is 46.4 Å². The number of amides is 4. The molecular weight excluding hydrogens is 878 g/mol. The van der Waals surface area contributed by atoms with Gasteiger partial charge in [-0.1, -0.05) is 58.5 Å². The molecule has 0 fully saturated rings. The first-order valence-electron chi connectivity index (χ1n) is 18.6. The summed E-state index contributed by atoms with van der Waals surface area (Å²) in [6, 6.07) is 18.7. The Balaban J connectivity index is 1.27. The van der Waals surface area contributed by atoms with Gasteiger partial charge in [0.05, 0.1) is 10.0 Å². The lowest BCUT2D eigenvalue weighted by Crippen LogP contribution is -2.32. The van der Waals surface area contributed by atoms with Crippen LogP contribution in [0.4, 0.5) is 34.1 Å². The molecule has 318 valence electrons. The van der Waals surface area contributed by atoms with Crippen LogP contribution in [0, 0.1) is 27.7 Å². The van der Waals surface area contributed by atoms with Crippen LogP contribution in [0.3, 0.4) is 0 Å². The number of nitrogens with one attached hydrogen (secondary N) is 4. The van der Waals surface area contributed by atoms with Crippen molar-refractivity contribution in [2.24, 2.45) is 20.5 Å². The highest BCUT2D eigenvalue weighted by molar-refractivity contribution is 6.34. The molecule has 0 aliphatic carbocycles. The van der Waals surface area contributed by atoms with E-state index in [-0.39, 0.29) is 32.5 Å². The molecular formula is C44H38Cl4N8O6. The molecule has 0 radical (unpaired) electrons. The predicted octanol–water partition coefficient (Wildman–Crippen LogP) is 11.4. The first kappa shape index (κ1) is 46.7. The van der Waals surface area contributed by atoms with Gasteiger partial charge in [0, 0.05) is 43.9 Å². The number of carbonyl (C=O) groups excluding carboxylic acids is 6. The van der Waals surface area contributed by atoms with Crippen LogP contribution in [-0.2, 0) is 19.2 Å². The maximum absolute atomic E-state index is 13.4. The quantitative estimate of drug-likeness (QED) is 0.0630. The molecule has 0 aliphatic heterocycles. The number of hydrogen-bond acceptors (Lipinski definition) is 10. The van der Waals surface area contributed by atoms with Crippen molar-refractivity contribution in [3.05, 3.63) is 138 Å². The fraction of sp³-hybridized carbons (Fsp3) is 0.182. The predicted molar refractivity (Wildman–Crippen MR) is 242 cm³/mol. The van der Waals surface area contributed by atoms with E-state index in [0.717, 1.165) is 0 Å². The number of aryl methyl sites for hydroxylation is 2. The zero-order chi connectivity index (χ0) is 45.4. The van der Waals surface area contributed by atoms with Crippen LogP contribution in [0.5, 0.6) is 0 Å². The van der Waals surface area contributed by atoms with Crippen molar-refractivity contribution in [2.45, 2.75) is 53.6 Å². The summed E-state index contributed by atoms with van der Waals surface area (Å²) in [6.07, 6.45) is 0. The molecule has 4 amide bonds. The Morgan fingerprint density at radius 3 is 1.19 bits per heavy atom. The van der Waals surface area contributed by atoms with Gasteiger partial charge in [0.15, 0.2) is 11.6 Å². The van der Waals surface area contributed by atoms with E-state index in [1.165, 1.54) is 50.2 Å². The number of halogens is 4. The van der Waals surface area contributed by atoms with Crippen LogP contribution >= 0.6 is 46.4 Å². The number of Topliss-reactive ketones (excluding diaryl/α,β-unsaturated/α-hetero) is 2. The van der Waals surface area contributed by atoms with Crippen molar-refractivity contribution in [1.29, 1.82) is 0 Å². The Kier molecular flexibility index (Phi) is 15.5. The van der Waals surface area contributed by atoms with Crippen LogP contribution in [-0.4, -0.2) is 47.3 Å². The summed E-state index contributed by atoms with van der Waals surface area (Å²) in [5.41, 5.74) is 4.38. The standard InChI is InChI=1S/C44H38Cl4N8O6/c1-21-17-36(52-44(62)40(26(6)58)56-54-38-20-28(14-16-32(38)48)42(60)50-34-12-8-10-30(46)24(34)4)22(2)18-35(21)51-43(61)39(25(5)57)55-53-37-19-27(13-15-31(37)47)41(59)49-33-11-7-9-29(45)23(33)3/h7-20,39-40H,1-6H3,(H,49,59)(H,50,60)(H,51,61)(H,52,62). The van der Waals surface area contributed by atoms with Gasteiger partial charge in [-0.25, -0.2) is 0 Å². The number of anilines is 4. The number of hydrogen-bond donors (Lipinski definition) is 4. The molecule has 0 saturated carbocycles. The molecule has 0 spiro atoms. The lowest BCUT2D eigenvalue weighted by molar-refractivity contribution is -0.127. The number of benzene rings is 5. The summed E-state index contributed by atoms with van der Waals surface area (Å²) in [4.78, 5) is 78.1. The van der Waals surface area contributed by atoms with E-state index in [2.05, 4.69) is 41.7 Å². The van der Waals surface area contributed by atoms with Crippen LogP contribution in [0.1, 0.15) is 56.8 Å². The van der Waals surface area contributed by atoms with Gasteiger partial charge in [-0.15, -0.1) is 0 Å². The molecule has 5 aromatic carbocycles. The van der Waals surface area contributed by atoms with Crippen molar-refractivity contribution in [2.75, 3.05) is 21.3 Å². The Bertz CT molecular complexity index is 2520. The Morgan fingerprint density at radius 1 is 0.468 bits per heavy atom. The molecule has 5 rings (SSSR count). The molecule has 2 unspecified atom stereocenters. The van der Waals surface area contributed by atoms with Gasteiger partial charge in [0.1, 0.15) is 11.4 Å². The number of rotatable bonds is 14. The summed E-state index contributed by atoms with van der Waals surface area (Å²) in [5, 5.41) is 28.2. The third-order valence-electron chi connectivity index (χ3n) is 9.36. The van der Waals surface area contributed by atoms with Crippen LogP contribution in [0.25, 0.3) is 0 Å². The molecule has 18 heteroatoms. The van der Waals surface area contributed by atoms with Crippen molar-refractivity contribution >= 4 is 116 Å². The summed E-state index contributed by atoms with van der Waals surface area (Å²) in [5.74, 6) is -3.82. The normalized spacial score (nSPS) is 12.2. The van der Waals surface area contributed by atoms with Gasteiger partial charge in [-0.3, -0.25) is 28.8 Å². The minimum Gasteiger partial charge on any atom is -0.324 e. The van der Waals surface area contributed by atoms with Gasteiger partial charge in [-0.05, 0) is 137 Å². The lowest BCUT2D eigenvalue weighted by atomic mass is 10.1. The fourth-order valence-electron chi connectivity index (χ4n) is 5.70. The van der Waals surface area contributed by atoms with Crippen molar-refractivity contribution < 1.29 is 28.8 Å². The van der Waals surface area contributed by atoms with Gasteiger partial charge >= 0.3 is 0 Å². The Morgan fingerprint density at radius 2 is 0.839 bits per heavy atom. The highest BCUT2D eigenvalue weighted by Crippen LogP contribution is 2.31. The van der Waals surface area contributed by atoms with Gasteiger partial charge in [0.2, 0.25) is 12.1 Å². The monoisotopic (exact) mass is 914 g/mol. The van der Waals surface area contributed by atoms with E-state index < -0.39 is 47.3 Å².